The summed E-state index contributed by atoms with van der Waals surface area (Å²) in [4.78, 5) is 1.07. The molecule has 2 N–H and O–H groups in total. The molecule has 0 unspecified atom stereocenters. The summed E-state index contributed by atoms with van der Waals surface area (Å²) in [5, 5.41) is 11.5. The number of rotatable bonds is 3. The fourth-order valence-corrected chi connectivity index (χ4v) is 2.85. The van der Waals surface area contributed by atoms with Crippen molar-refractivity contribution in [3.8, 4) is 6.07 Å². The molecule has 0 aliphatic heterocycles. The zero-order valence-corrected chi connectivity index (χ0v) is 10.6. The van der Waals surface area contributed by atoms with E-state index in [-0.39, 0.29) is 0 Å². The molecule has 0 saturated heterocycles. The van der Waals surface area contributed by atoms with E-state index in [1.165, 1.54) is 10.9 Å². The maximum absolute atomic E-state index is 9.21. The van der Waals surface area contributed by atoms with Crippen LogP contribution >= 0.6 is 11.8 Å². The highest BCUT2D eigenvalue weighted by Gasteiger charge is 2.09. The quantitative estimate of drug-likeness (QED) is 0.841. The van der Waals surface area contributed by atoms with Crippen LogP contribution in [0, 0.1) is 18.3 Å². The second kappa shape index (κ2) is 5.22. The molecule has 0 aromatic heterocycles. The van der Waals surface area contributed by atoms with Crippen molar-refractivity contribution in [3.05, 3.63) is 41.5 Å². The lowest BCUT2D eigenvalue weighted by atomic mass is 10.0. The van der Waals surface area contributed by atoms with Crippen molar-refractivity contribution in [1.82, 2.24) is 0 Å². The molecule has 0 heterocycles. The number of fused-ring (bicyclic) bond motifs is 1. The summed E-state index contributed by atoms with van der Waals surface area (Å²) in [6, 6.07) is 12.4. The van der Waals surface area contributed by atoms with Gasteiger partial charge in [0, 0.05) is 17.2 Å². The van der Waals surface area contributed by atoms with Crippen LogP contribution in [-0.2, 0) is 0 Å². The van der Waals surface area contributed by atoms with E-state index in [1.807, 2.05) is 24.3 Å². The average molecular weight is 242 g/mol. The van der Waals surface area contributed by atoms with E-state index in [0.717, 1.165) is 21.6 Å². The minimum atomic E-state index is 0.627. The van der Waals surface area contributed by atoms with Gasteiger partial charge in [-0.3, -0.25) is 0 Å². The lowest BCUT2D eigenvalue weighted by molar-refractivity contribution is 1.14. The Morgan fingerprint density at radius 2 is 2.12 bits per heavy atom. The van der Waals surface area contributed by atoms with Crippen molar-refractivity contribution in [2.75, 3.05) is 12.3 Å². The van der Waals surface area contributed by atoms with Crippen LogP contribution in [0.25, 0.3) is 10.8 Å². The monoisotopic (exact) mass is 242 g/mol. The number of hydrogen-bond donors (Lipinski definition) is 1. The SMILES string of the molecule is Cc1c(SCCN)c(C#N)cc2ccccc12. The van der Waals surface area contributed by atoms with Crippen molar-refractivity contribution in [1.29, 1.82) is 5.26 Å². The van der Waals surface area contributed by atoms with Crippen LogP contribution in [0.3, 0.4) is 0 Å². The smallest absolute Gasteiger partial charge is 0.100 e. The third-order valence-electron chi connectivity index (χ3n) is 2.73. The minimum Gasteiger partial charge on any atom is -0.330 e. The van der Waals surface area contributed by atoms with E-state index in [4.69, 9.17) is 5.73 Å². The van der Waals surface area contributed by atoms with Crippen LogP contribution in [0.2, 0.25) is 0 Å². The zero-order chi connectivity index (χ0) is 12.3. The first-order valence-electron chi connectivity index (χ1n) is 5.53. The van der Waals surface area contributed by atoms with E-state index in [1.54, 1.807) is 11.8 Å². The van der Waals surface area contributed by atoms with Gasteiger partial charge in [0.2, 0.25) is 0 Å². The van der Waals surface area contributed by atoms with E-state index in [0.29, 0.717) is 6.54 Å². The van der Waals surface area contributed by atoms with Gasteiger partial charge in [-0.05, 0) is 29.3 Å². The van der Waals surface area contributed by atoms with Crippen LogP contribution in [0.4, 0.5) is 0 Å². The predicted molar refractivity (Wildman–Crippen MR) is 73.2 cm³/mol. The molecule has 2 nitrogen and oxygen atoms in total. The van der Waals surface area contributed by atoms with Gasteiger partial charge in [-0.1, -0.05) is 24.3 Å². The van der Waals surface area contributed by atoms with Crippen molar-refractivity contribution in [2.24, 2.45) is 5.73 Å². The molecule has 0 spiro atoms. The molecular weight excluding hydrogens is 228 g/mol. The van der Waals surface area contributed by atoms with E-state index in [9.17, 15) is 5.26 Å². The molecular formula is C14H14N2S. The highest BCUT2D eigenvalue weighted by Crippen LogP contribution is 2.32. The Bertz CT molecular complexity index is 585. The Morgan fingerprint density at radius 1 is 1.35 bits per heavy atom. The topological polar surface area (TPSA) is 49.8 Å². The van der Waals surface area contributed by atoms with Gasteiger partial charge in [0.15, 0.2) is 0 Å². The Labute approximate surface area is 105 Å². The summed E-state index contributed by atoms with van der Waals surface area (Å²) in [5.74, 6) is 0.841. The number of nitriles is 1. The molecule has 17 heavy (non-hydrogen) atoms. The first-order valence-corrected chi connectivity index (χ1v) is 6.51. The second-order valence-electron chi connectivity index (χ2n) is 3.85. The number of hydrogen-bond acceptors (Lipinski definition) is 3. The van der Waals surface area contributed by atoms with E-state index >= 15 is 0 Å². The molecule has 0 aliphatic rings. The Kier molecular flexibility index (Phi) is 3.68. The Balaban J connectivity index is 2.64. The first kappa shape index (κ1) is 12.0. The van der Waals surface area contributed by atoms with Crippen LogP contribution in [-0.4, -0.2) is 12.3 Å². The molecule has 0 fully saturated rings. The fraction of sp³-hybridized carbons (Fsp3) is 0.214. The van der Waals surface area contributed by atoms with Gasteiger partial charge >= 0.3 is 0 Å². The predicted octanol–water partition coefficient (Wildman–Crippen LogP) is 3.07. The maximum Gasteiger partial charge on any atom is 0.100 e. The zero-order valence-electron chi connectivity index (χ0n) is 9.73. The van der Waals surface area contributed by atoms with Gasteiger partial charge in [-0.15, -0.1) is 11.8 Å². The molecule has 3 heteroatoms. The van der Waals surface area contributed by atoms with Crippen molar-refractivity contribution in [2.45, 2.75) is 11.8 Å². The molecule has 0 amide bonds. The molecule has 2 aromatic carbocycles. The van der Waals surface area contributed by atoms with Crippen LogP contribution in [0.15, 0.2) is 35.2 Å². The summed E-state index contributed by atoms with van der Waals surface area (Å²) in [6.45, 7) is 2.70. The molecule has 2 aromatic rings. The standard InChI is InChI=1S/C14H14N2S/c1-10-13-5-3-2-4-11(13)8-12(9-16)14(10)17-7-6-15/h2-5,8H,6-7,15H2,1H3. The highest BCUT2D eigenvalue weighted by atomic mass is 32.2. The number of nitrogens with two attached hydrogens (primary N) is 1. The molecule has 0 saturated carbocycles. The van der Waals surface area contributed by atoms with E-state index < -0.39 is 0 Å². The number of benzene rings is 2. The molecule has 0 atom stereocenters. The lowest BCUT2D eigenvalue weighted by Crippen LogP contribution is -2.02. The first-order chi connectivity index (χ1) is 8.27. The molecule has 0 radical (unpaired) electrons. The Morgan fingerprint density at radius 3 is 2.82 bits per heavy atom. The van der Waals surface area contributed by atoms with Gasteiger partial charge in [-0.2, -0.15) is 5.26 Å². The van der Waals surface area contributed by atoms with Gasteiger partial charge < -0.3 is 5.73 Å². The second-order valence-corrected chi connectivity index (χ2v) is 4.95. The maximum atomic E-state index is 9.21. The Hall–Kier alpha value is -1.50. The summed E-state index contributed by atoms with van der Waals surface area (Å²) < 4.78 is 0. The van der Waals surface area contributed by atoms with Gasteiger partial charge in [-0.25, -0.2) is 0 Å². The lowest BCUT2D eigenvalue weighted by Gasteiger charge is -2.10. The largest absolute Gasteiger partial charge is 0.330 e. The average Bonchev–Trinajstić information content (AvgIpc) is 2.37. The summed E-state index contributed by atoms with van der Waals surface area (Å²) >= 11 is 1.67. The highest BCUT2D eigenvalue weighted by molar-refractivity contribution is 7.99. The third kappa shape index (κ3) is 2.28. The molecule has 0 bridgehead atoms. The van der Waals surface area contributed by atoms with Gasteiger partial charge in [0.05, 0.1) is 5.56 Å². The number of aryl methyl sites for hydroxylation is 1. The molecule has 86 valence electrons. The number of nitrogens with zero attached hydrogens (tertiary/aromatic N) is 1. The molecule has 0 aliphatic carbocycles. The fourth-order valence-electron chi connectivity index (χ4n) is 1.94. The van der Waals surface area contributed by atoms with E-state index in [2.05, 4.69) is 19.1 Å². The van der Waals surface area contributed by atoms with Crippen molar-refractivity contribution >= 4 is 22.5 Å². The summed E-state index contributed by atoms with van der Waals surface area (Å²) in [6.07, 6.45) is 0. The van der Waals surface area contributed by atoms with Crippen molar-refractivity contribution in [3.63, 3.8) is 0 Å². The summed E-state index contributed by atoms with van der Waals surface area (Å²) in [7, 11) is 0. The molecule has 2 rings (SSSR count). The van der Waals surface area contributed by atoms with Gasteiger partial charge in [0.25, 0.3) is 0 Å². The van der Waals surface area contributed by atoms with Gasteiger partial charge in [0.1, 0.15) is 6.07 Å². The van der Waals surface area contributed by atoms with Crippen molar-refractivity contribution < 1.29 is 0 Å². The van der Waals surface area contributed by atoms with Crippen LogP contribution < -0.4 is 5.73 Å². The van der Waals surface area contributed by atoms with Crippen LogP contribution in [0.1, 0.15) is 11.1 Å². The number of thioether (sulfide) groups is 1. The summed E-state index contributed by atoms with van der Waals surface area (Å²) in [5.41, 5.74) is 7.46. The third-order valence-corrected chi connectivity index (χ3v) is 3.99. The van der Waals surface area contributed by atoms with Crippen LogP contribution in [0.5, 0.6) is 0 Å². The normalized spacial score (nSPS) is 10.4. The minimum absolute atomic E-state index is 0.627.